The molecule has 0 spiro atoms. The van der Waals surface area contributed by atoms with Crippen molar-refractivity contribution >= 4 is 17.4 Å². The average molecular weight is 262 g/mol. The first-order chi connectivity index (χ1) is 9.10. The number of carbonyl (C=O) groups excluding carboxylic acids is 1. The highest BCUT2D eigenvalue weighted by Crippen LogP contribution is 2.10. The molecule has 5 nitrogen and oxygen atoms in total. The summed E-state index contributed by atoms with van der Waals surface area (Å²) >= 11 is 0. The van der Waals surface area contributed by atoms with Gasteiger partial charge in [0.1, 0.15) is 12.0 Å². The van der Waals surface area contributed by atoms with E-state index in [2.05, 4.69) is 10.6 Å². The van der Waals surface area contributed by atoms with Crippen molar-refractivity contribution in [3.05, 3.63) is 54.0 Å². The molecule has 0 unspecified atom stereocenters. The second-order valence-corrected chi connectivity index (χ2v) is 3.86. The quantitative estimate of drug-likeness (QED) is 0.582. The van der Waals surface area contributed by atoms with Gasteiger partial charge < -0.3 is 10.5 Å². The van der Waals surface area contributed by atoms with E-state index in [4.69, 9.17) is 0 Å². The summed E-state index contributed by atoms with van der Waals surface area (Å²) in [6.45, 7) is 0. The van der Waals surface area contributed by atoms with Gasteiger partial charge in [-0.3, -0.25) is 10.1 Å². The van der Waals surface area contributed by atoms with Crippen molar-refractivity contribution in [2.75, 3.05) is 17.7 Å². The Balaban J connectivity index is 2.16. The van der Waals surface area contributed by atoms with Crippen LogP contribution in [0.15, 0.2) is 42.6 Å². The lowest BCUT2D eigenvalue weighted by Crippen LogP contribution is -2.34. The predicted octanol–water partition coefficient (Wildman–Crippen LogP) is 1.64. The van der Waals surface area contributed by atoms with Crippen molar-refractivity contribution < 1.29 is 19.1 Å². The standard InChI is InChI=1S/C13H12FN3O2/c1-15-12-7-2-9(8-17(12)19)13(18)16-11-5-3-10(14)4-6-11/h2-8,19H,1H3,(H,16,18)/p+1. The summed E-state index contributed by atoms with van der Waals surface area (Å²) in [4.78, 5) is 11.9. The summed E-state index contributed by atoms with van der Waals surface area (Å²) < 4.78 is 13.5. The van der Waals surface area contributed by atoms with Crippen LogP contribution in [0.3, 0.4) is 0 Å². The molecule has 6 heteroatoms. The second-order valence-electron chi connectivity index (χ2n) is 3.86. The molecule has 0 aliphatic heterocycles. The lowest BCUT2D eigenvalue weighted by atomic mass is 10.2. The van der Waals surface area contributed by atoms with E-state index in [-0.39, 0.29) is 11.4 Å². The van der Waals surface area contributed by atoms with Crippen molar-refractivity contribution in [2.24, 2.45) is 0 Å². The molecule has 0 fully saturated rings. The molecule has 0 atom stereocenters. The van der Waals surface area contributed by atoms with Crippen molar-refractivity contribution in [1.82, 2.24) is 0 Å². The molecule has 1 amide bonds. The number of pyridine rings is 1. The van der Waals surface area contributed by atoms with E-state index in [9.17, 15) is 14.4 Å². The van der Waals surface area contributed by atoms with Gasteiger partial charge in [0, 0.05) is 11.8 Å². The van der Waals surface area contributed by atoms with E-state index in [1.165, 1.54) is 30.5 Å². The molecule has 1 aromatic carbocycles. The molecule has 1 heterocycles. The molecule has 0 bridgehead atoms. The molecule has 0 aliphatic carbocycles. The van der Waals surface area contributed by atoms with Crippen LogP contribution in [0.25, 0.3) is 0 Å². The zero-order valence-electron chi connectivity index (χ0n) is 10.2. The van der Waals surface area contributed by atoms with Gasteiger partial charge in [-0.1, -0.05) is 4.73 Å². The Bertz CT molecular complexity index is 599. The molecular formula is C13H13FN3O2+. The third-order valence-electron chi connectivity index (χ3n) is 2.55. The number of hydrogen-bond donors (Lipinski definition) is 3. The lowest BCUT2D eigenvalue weighted by molar-refractivity contribution is -0.893. The molecule has 0 radical (unpaired) electrons. The average Bonchev–Trinajstić information content (AvgIpc) is 2.41. The highest BCUT2D eigenvalue weighted by atomic mass is 19.1. The highest BCUT2D eigenvalue weighted by molar-refractivity contribution is 6.03. The van der Waals surface area contributed by atoms with Crippen LogP contribution in [-0.4, -0.2) is 18.2 Å². The maximum absolute atomic E-state index is 12.7. The largest absolute Gasteiger partial charge is 0.350 e. The Labute approximate surface area is 109 Å². The van der Waals surface area contributed by atoms with E-state index in [1.807, 2.05) is 0 Å². The number of rotatable bonds is 3. The molecule has 2 rings (SSSR count). The number of amides is 1. The van der Waals surface area contributed by atoms with Gasteiger partial charge in [-0.2, -0.15) is 0 Å². The SMILES string of the molecule is CNc1ccc(C(=O)Nc2ccc(F)cc2)c[n+]1O. The third kappa shape index (κ3) is 2.98. The highest BCUT2D eigenvalue weighted by Gasteiger charge is 2.12. The van der Waals surface area contributed by atoms with Crippen LogP contribution < -0.4 is 15.4 Å². The van der Waals surface area contributed by atoms with E-state index in [0.29, 0.717) is 11.5 Å². The van der Waals surface area contributed by atoms with Crippen molar-refractivity contribution in [3.63, 3.8) is 0 Å². The molecule has 0 saturated carbocycles. The van der Waals surface area contributed by atoms with Gasteiger partial charge in [0.2, 0.25) is 0 Å². The van der Waals surface area contributed by atoms with E-state index in [1.54, 1.807) is 19.2 Å². The van der Waals surface area contributed by atoms with E-state index < -0.39 is 5.91 Å². The number of halogens is 1. The summed E-state index contributed by atoms with van der Waals surface area (Å²) in [5.74, 6) is -0.306. The molecule has 98 valence electrons. The van der Waals surface area contributed by atoms with Crippen LogP contribution in [-0.2, 0) is 0 Å². The number of hydrogen-bond acceptors (Lipinski definition) is 3. The first-order valence-corrected chi connectivity index (χ1v) is 5.60. The van der Waals surface area contributed by atoms with Crippen LogP contribution in [0.2, 0.25) is 0 Å². The predicted molar refractivity (Wildman–Crippen MR) is 67.7 cm³/mol. The smallest absolute Gasteiger partial charge is 0.313 e. The first-order valence-electron chi connectivity index (χ1n) is 5.60. The van der Waals surface area contributed by atoms with Crippen LogP contribution in [0.4, 0.5) is 15.9 Å². The minimum atomic E-state index is -0.392. The Morgan fingerprint density at radius 2 is 1.89 bits per heavy atom. The fourth-order valence-corrected chi connectivity index (χ4v) is 1.56. The fourth-order valence-electron chi connectivity index (χ4n) is 1.56. The Morgan fingerprint density at radius 1 is 1.21 bits per heavy atom. The van der Waals surface area contributed by atoms with Crippen LogP contribution >= 0.6 is 0 Å². The third-order valence-corrected chi connectivity index (χ3v) is 2.55. The van der Waals surface area contributed by atoms with Crippen LogP contribution in [0.5, 0.6) is 0 Å². The molecule has 3 N–H and O–H groups in total. The molecule has 0 aliphatic rings. The van der Waals surface area contributed by atoms with Crippen LogP contribution in [0.1, 0.15) is 10.4 Å². The van der Waals surface area contributed by atoms with Crippen molar-refractivity contribution in [2.45, 2.75) is 0 Å². The van der Waals surface area contributed by atoms with Gasteiger partial charge in [-0.15, -0.1) is 0 Å². The molecule has 0 saturated heterocycles. The van der Waals surface area contributed by atoms with E-state index in [0.717, 1.165) is 4.73 Å². The molecule has 19 heavy (non-hydrogen) atoms. The maximum atomic E-state index is 12.7. The maximum Gasteiger partial charge on any atom is 0.313 e. The summed E-state index contributed by atoms with van der Waals surface area (Å²) in [7, 11) is 1.65. The zero-order valence-corrected chi connectivity index (χ0v) is 10.2. The lowest BCUT2D eigenvalue weighted by Gasteiger charge is -2.05. The van der Waals surface area contributed by atoms with Gasteiger partial charge in [-0.05, 0) is 30.3 Å². The number of carbonyl (C=O) groups is 1. The molecule has 2 aromatic rings. The first kappa shape index (κ1) is 12.8. The number of nitrogens with one attached hydrogen (secondary N) is 2. The summed E-state index contributed by atoms with van der Waals surface area (Å²) in [5, 5.41) is 14.9. The monoisotopic (exact) mass is 262 g/mol. The molecule has 1 aromatic heterocycles. The Hall–Kier alpha value is -2.63. The zero-order chi connectivity index (χ0) is 13.8. The van der Waals surface area contributed by atoms with Gasteiger partial charge >= 0.3 is 5.82 Å². The second kappa shape index (κ2) is 5.34. The van der Waals surface area contributed by atoms with E-state index >= 15 is 0 Å². The number of benzene rings is 1. The Morgan fingerprint density at radius 3 is 2.47 bits per heavy atom. The number of anilines is 2. The van der Waals surface area contributed by atoms with Gasteiger partial charge in [0.25, 0.3) is 5.91 Å². The normalized spacial score (nSPS) is 10.0. The van der Waals surface area contributed by atoms with Gasteiger partial charge in [0.05, 0.1) is 12.6 Å². The summed E-state index contributed by atoms with van der Waals surface area (Å²) in [6, 6.07) is 8.57. The van der Waals surface area contributed by atoms with Crippen molar-refractivity contribution in [3.8, 4) is 0 Å². The van der Waals surface area contributed by atoms with Crippen molar-refractivity contribution in [1.29, 1.82) is 0 Å². The minimum Gasteiger partial charge on any atom is -0.350 e. The number of aromatic nitrogens is 1. The fraction of sp³-hybridized carbons (Fsp3) is 0.0769. The molecular weight excluding hydrogens is 249 g/mol. The number of nitrogens with zero attached hydrogens (tertiary/aromatic N) is 1. The topological polar surface area (TPSA) is 65.2 Å². The summed E-state index contributed by atoms with van der Waals surface area (Å²) in [6.07, 6.45) is 1.28. The summed E-state index contributed by atoms with van der Waals surface area (Å²) in [5.41, 5.74) is 0.763. The minimum absolute atomic E-state index is 0.283. The van der Waals surface area contributed by atoms with Gasteiger partial charge in [0.15, 0.2) is 0 Å². The Kier molecular flexibility index (Phi) is 3.61. The van der Waals surface area contributed by atoms with Gasteiger partial charge in [-0.25, -0.2) is 4.39 Å². The van der Waals surface area contributed by atoms with Crippen LogP contribution in [0, 0.1) is 5.82 Å².